The van der Waals surface area contributed by atoms with Crippen molar-refractivity contribution in [2.24, 2.45) is 5.90 Å². The average molecular weight is 256 g/mol. The predicted molar refractivity (Wildman–Crippen MR) is 57.6 cm³/mol. The largest absolute Gasteiger partial charge is 0.304 e. The topological polar surface area (TPSA) is 63.9 Å². The summed E-state index contributed by atoms with van der Waals surface area (Å²) in [5.74, 6) is 4.99. The Hall–Kier alpha value is -0.910. The van der Waals surface area contributed by atoms with Gasteiger partial charge in [-0.2, -0.15) is 5.10 Å². The second-order valence-electron chi connectivity index (χ2n) is 2.97. The minimum Gasteiger partial charge on any atom is -0.304 e. The second kappa shape index (κ2) is 4.08. The maximum absolute atomic E-state index is 4.99. The Morgan fingerprint density at radius 3 is 3.14 bits per heavy atom. The van der Waals surface area contributed by atoms with Crippen molar-refractivity contribution in [2.45, 2.75) is 6.42 Å². The van der Waals surface area contributed by atoms with Crippen LogP contribution in [0.15, 0.2) is 22.8 Å². The fourth-order valence-corrected chi connectivity index (χ4v) is 1.84. The lowest BCUT2D eigenvalue weighted by Crippen LogP contribution is -2.03. The van der Waals surface area contributed by atoms with Gasteiger partial charge < -0.3 is 4.84 Å². The van der Waals surface area contributed by atoms with Gasteiger partial charge in [-0.05, 0) is 27.9 Å². The number of fused-ring (bicyclic) bond motifs is 1. The number of halogens is 1. The molecule has 0 aliphatic rings. The van der Waals surface area contributed by atoms with Crippen molar-refractivity contribution in [3.8, 4) is 0 Å². The van der Waals surface area contributed by atoms with Gasteiger partial charge in [-0.3, -0.25) is 5.10 Å². The number of hydrogen-bond donors (Lipinski definition) is 2. The third kappa shape index (κ3) is 1.66. The van der Waals surface area contributed by atoms with Crippen molar-refractivity contribution in [2.75, 3.05) is 6.61 Å². The first kappa shape index (κ1) is 9.64. The number of nitrogens with one attached hydrogen (secondary N) is 1. The van der Waals surface area contributed by atoms with Crippen LogP contribution < -0.4 is 5.90 Å². The molecule has 0 fully saturated rings. The number of benzene rings is 1. The standard InChI is InChI=1S/C9H10BrN3O/c10-9-7-3-1-2-6(4-5-14-11)8(7)12-13-9/h1-3H,4-5,11H2,(H,12,13). The van der Waals surface area contributed by atoms with E-state index >= 15 is 0 Å². The molecule has 5 heteroatoms. The van der Waals surface area contributed by atoms with Gasteiger partial charge in [-0.15, -0.1) is 0 Å². The van der Waals surface area contributed by atoms with Crippen molar-refractivity contribution >= 4 is 26.8 Å². The van der Waals surface area contributed by atoms with Crippen LogP contribution in [0.1, 0.15) is 5.56 Å². The van der Waals surface area contributed by atoms with Crippen LogP contribution in [0, 0.1) is 0 Å². The van der Waals surface area contributed by atoms with Crippen LogP contribution in [-0.4, -0.2) is 16.8 Å². The van der Waals surface area contributed by atoms with E-state index < -0.39 is 0 Å². The highest BCUT2D eigenvalue weighted by Crippen LogP contribution is 2.23. The number of aromatic nitrogens is 2. The summed E-state index contributed by atoms with van der Waals surface area (Å²) in [4.78, 5) is 4.55. The van der Waals surface area contributed by atoms with Crippen LogP contribution in [0.2, 0.25) is 0 Å². The normalized spacial score (nSPS) is 11.0. The number of nitrogens with two attached hydrogens (primary N) is 1. The lowest BCUT2D eigenvalue weighted by molar-refractivity contribution is 0.141. The minimum absolute atomic E-state index is 0.504. The molecule has 1 aromatic carbocycles. The van der Waals surface area contributed by atoms with Gasteiger partial charge in [0, 0.05) is 5.39 Å². The smallest absolute Gasteiger partial charge is 0.108 e. The number of hydrogen-bond acceptors (Lipinski definition) is 3. The van der Waals surface area contributed by atoms with Gasteiger partial charge in [-0.25, -0.2) is 5.90 Å². The fourth-order valence-electron chi connectivity index (χ4n) is 1.44. The fraction of sp³-hybridized carbons (Fsp3) is 0.222. The zero-order valence-electron chi connectivity index (χ0n) is 7.46. The summed E-state index contributed by atoms with van der Waals surface area (Å²) in [5.41, 5.74) is 2.10. The Balaban J connectivity index is 2.44. The van der Waals surface area contributed by atoms with Gasteiger partial charge in [0.2, 0.25) is 0 Å². The molecule has 1 aromatic heterocycles. The van der Waals surface area contributed by atoms with Gasteiger partial charge in [0.05, 0.1) is 12.1 Å². The molecule has 0 unspecified atom stereocenters. The molecule has 4 nitrogen and oxygen atoms in total. The summed E-state index contributed by atoms with van der Waals surface area (Å²) in [7, 11) is 0. The Bertz CT molecular complexity index is 441. The zero-order chi connectivity index (χ0) is 9.97. The molecule has 14 heavy (non-hydrogen) atoms. The second-order valence-corrected chi connectivity index (χ2v) is 3.76. The quantitative estimate of drug-likeness (QED) is 0.822. The van der Waals surface area contributed by atoms with Crippen molar-refractivity contribution in [1.29, 1.82) is 0 Å². The molecule has 3 N–H and O–H groups in total. The summed E-state index contributed by atoms with van der Waals surface area (Å²) in [5, 5.41) is 8.17. The lowest BCUT2D eigenvalue weighted by atomic mass is 10.1. The molecule has 74 valence electrons. The number of H-pyrrole nitrogens is 1. The van der Waals surface area contributed by atoms with Crippen LogP contribution in [0.3, 0.4) is 0 Å². The molecular weight excluding hydrogens is 246 g/mol. The Labute approximate surface area is 89.5 Å². The van der Waals surface area contributed by atoms with Gasteiger partial charge >= 0.3 is 0 Å². The Morgan fingerprint density at radius 1 is 1.50 bits per heavy atom. The molecule has 0 saturated carbocycles. The SMILES string of the molecule is NOCCc1cccc2c(Br)[nH]nc12. The molecule has 0 radical (unpaired) electrons. The van der Waals surface area contributed by atoms with E-state index in [-0.39, 0.29) is 0 Å². The van der Waals surface area contributed by atoms with Gasteiger partial charge in [0.25, 0.3) is 0 Å². The van der Waals surface area contributed by atoms with E-state index in [2.05, 4.69) is 31.0 Å². The van der Waals surface area contributed by atoms with E-state index in [0.29, 0.717) is 6.61 Å². The molecule has 0 amide bonds. The first-order valence-corrected chi connectivity index (χ1v) is 5.05. The molecule has 0 spiro atoms. The van der Waals surface area contributed by atoms with Crippen LogP contribution in [0.4, 0.5) is 0 Å². The Kier molecular flexibility index (Phi) is 2.81. The predicted octanol–water partition coefficient (Wildman–Crippen LogP) is 1.76. The zero-order valence-corrected chi connectivity index (χ0v) is 9.04. The van der Waals surface area contributed by atoms with Crippen LogP contribution in [0.25, 0.3) is 10.9 Å². The van der Waals surface area contributed by atoms with Crippen molar-refractivity contribution < 1.29 is 4.84 Å². The van der Waals surface area contributed by atoms with Crippen molar-refractivity contribution in [3.63, 3.8) is 0 Å². The van der Waals surface area contributed by atoms with Gasteiger partial charge in [0.15, 0.2) is 0 Å². The van der Waals surface area contributed by atoms with Crippen LogP contribution >= 0.6 is 15.9 Å². The molecule has 1 heterocycles. The number of rotatable bonds is 3. The summed E-state index contributed by atoms with van der Waals surface area (Å²) >= 11 is 3.40. The summed E-state index contributed by atoms with van der Waals surface area (Å²) in [6.45, 7) is 0.504. The van der Waals surface area contributed by atoms with E-state index in [9.17, 15) is 0 Å². The summed E-state index contributed by atoms with van der Waals surface area (Å²) in [6.07, 6.45) is 0.769. The van der Waals surface area contributed by atoms with Gasteiger partial charge in [0.1, 0.15) is 4.60 Å². The third-order valence-corrected chi connectivity index (χ3v) is 2.72. The maximum Gasteiger partial charge on any atom is 0.108 e. The van der Waals surface area contributed by atoms with E-state index in [1.165, 1.54) is 0 Å². The molecule has 0 saturated heterocycles. The molecular formula is C9H10BrN3O. The monoisotopic (exact) mass is 255 g/mol. The Morgan fingerprint density at radius 2 is 2.36 bits per heavy atom. The van der Waals surface area contributed by atoms with E-state index in [1.807, 2.05) is 18.2 Å². The van der Waals surface area contributed by atoms with Crippen molar-refractivity contribution in [3.05, 3.63) is 28.4 Å². The highest BCUT2D eigenvalue weighted by Gasteiger charge is 2.06. The van der Waals surface area contributed by atoms with E-state index in [0.717, 1.165) is 27.5 Å². The van der Waals surface area contributed by atoms with Crippen LogP contribution in [0.5, 0.6) is 0 Å². The number of aromatic amines is 1. The number of para-hydroxylation sites is 1. The molecule has 0 aliphatic carbocycles. The number of nitrogens with zero attached hydrogens (tertiary/aromatic N) is 1. The molecule has 0 aliphatic heterocycles. The molecule has 0 atom stereocenters. The summed E-state index contributed by atoms with van der Waals surface area (Å²) < 4.78 is 0.906. The highest BCUT2D eigenvalue weighted by atomic mass is 79.9. The highest BCUT2D eigenvalue weighted by molar-refractivity contribution is 9.10. The average Bonchev–Trinajstić information content (AvgIpc) is 2.58. The van der Waals surface area contributed by atoms with Crippen molar-refractivity contribution in [1.82, 2.24) is 10.2 Å². The maximum atomic E-state index is 4.99. The lowest BCUT2D eigenvalue weighted by Gasteiger charge is -2.00. The summed E-state index contributed by atoms with van der Waals surface area (Å²) in [6, 6.07) is 6.03. The van der Waals surface area contributed by atoms with E-state index in [1.54, 1.807) is 0 Å². The molecule has 2 rings (SSSR count). The first-order chi connectivity index (χ1) is 6.83. The first-order valence-electron chi connectivity index (χ1n) is 4.26. The minimum atomic E-state index is 0.504. The van der Waals surface area contributed by atoms with Crippen LogP contribution in [-0.2, 0) is 11.3 Å². The molecule has 2 aromatic rings. The van der Waals surface area contributed by atoms with Gasteiger partial charge in [-0.1, -0.05) is 18.2 Å². The van der Waals surface area contributed by atoms with E-state index in [4.69, 9.17) is 5.90 Å². The molecule has 0 bridgehead atoms. The third-order valence-electron chi connectivity index (χ3n) is 2.11.